The van der Waals surface area contributed by atoms with Crippen LogP contribution in [0.15, 0.2) is 24.4 Å². The van der Waals surface area contributed by atoms with E-state index in [2.05, 4.69) is 19.9 Å². The molecule has 2 aromatic rings. The molecule has 160 valence electrons. The highest BCUT2D eigenvalue weighted by atomic mass is 16.5. The topological polar surface area (TPSA) is 74.7 Å². The predicted molar refractivity (Wildman–Crippen MR) is 116 cm³/mol. The molecule has 0 unspecified atom stereocenters. The summed E-state index contributed by atoms with van der Waals surface area (Å²) in [4.78, 5) is 32.5. The summed E-state index contributed by atoms with van der Waals surface area (Å²) in [5, 5.41) is 0. The third-order valence-corrected chi connectivity index (χ3v) is 5.71. The molecule has 0 atom stereocenters. The second-order valence-electron chi connectivity index (χ2n) is 8.25. The zero-order valence-electron chi connectivity index (χ0n) is 18.0. The van der Waals surface area contributed by atoms with E-state index >= 15 is 0 Å². The second kappa shape index (κ2) is 8.85. The minimum Gasteiger partial charge on any atom is -0.474 e. The summed E-state index contributed by atoms with van der Waals surface area (Å²) in [5.41, 5.74) is 1.54. The van der Waals surface area contributed by atoms with Crippen molar-refractivity contribution in [2.45, 2.75) is 38.7 Å². The highest BCUT2D eigenvalue weighted by Crippen LogP contribution is 2.23. The van der Waals surface area contributed by atoms with E-state index in [1.165, 1.54) is 12.8 Å². The summed E-state index contributed by atoms with van der Waals surface area (Å²) in [6.45, 7) is 4.66. The Morgan fingerprint density at radius 1 is 1.10 bits per heavy atom. The van der Waals surface area contributed by atoms with Crippen molar-refractivity contribution in [2.24, 2.45) is 0 Å². The molecule has 0 radical (unpaired) electrons. The van der Waals surface area contributed by atoms with Gasteiger partial charge < -0.3 is 19.4 Å². The molecule has 2 aliphatic rings. The van der Waals surface area contributed by atoms with Gasteiger partial charge in [0.25, 0.3) is 5.91 Å². The molecule has 2 fully saturated rings. The fraction of sp³-hybridized carbons (Fsp3) is 0.545. The van der Waals surface area contributed by atoms with Crippen LogP contribution in [0.25, 0.3) is 0 Å². The minimum atomic E-state index is 0.00806. The fourth-order valence-corrected chi connectivity index (χ4v) is 3.95. The van der Waals surface area contributed by atoms with E-state index in [0.717, 1.165) is 30.3 Å². The summed E-state index contributed by atoms with van der Waals surface area (Å²) in [6, 6.07) is 5.60. The standard InChI is InChI=1S/C22H30N6O2/c1-16-14-19(26(2)3)25-22(24-16)28-12-10-27(11-13-28)21(29)17-8-9-20(23-15-17)30-18-6-4-5-7-18/h8-9,14-15,18H,4-7,10-13H2,1-3H3. The molecule has 3 heterocycles. The molecular formula is C22H30N6O2. The van der Waals surface area contributed by atoms with Crippen molar-refractivity contribution in [3.8, 4) is 5.88 Å². The SMILES string of the molecule is Cc1cc(N(C)C)nc(N2CCN(C(=O)c3ccc(OC4CCCC4)nc3)CC2)n1. The molecule has 1 saturated carbocycles. The lowest BCUT2D eigenvalue weighted by Crippen LogP contribution is -2.49. The van der Waals surface area contributed by atoms with Crippen LogP contribution in [0.4, 0.5) is 11.8 Å². The number of nitrogens with zero attached hydrogens (tertiary/aromatic N) is 6. The van der Waals surface area contributed by atoms with Crippen LogP contribution in [0.3, 0.4) is 0 Å². The van der Waals surface area contributed by atoms with Crippen LogP contribution in [-0.2, 0) is 0 Å². The lowest BCUT2D eigenvalue weighted by molar-refractivity contribution is 0.0745. The Hall–Kier alpha value is -2.90. The largest absolute Gasteiger partial charge is 0.474 e. The first-order valence-electron chi connectivity index (χ1n) is 10.7. The number of pyridine rings is 1. The Kier molecular flexibility index (Phi) is 6.01. The fourth-order valence-electron chi connectivity index (χ4n) is 3.95. The number of aromatic nitrogens is 3. The summed E-state index contributed by atoms with van der Waals surface area (Å²) in [6.07, 6.45) is 6.52. The predicted octanol–water partition coefficient (Wildman–Crippen LogP) is 2.53. The van der Waals surface area contributed by atoms with Crippen LogP contribution in [0, 0.1) is 6.92 Å². The molecule has 4 rings (SSSR count). The molecule has 1 aliphatic carbocycles. The van der Waals surface area contributed by atoms with E-state index in [1.54, 1.807) is 6.20 Å². The van der Waals surface area contributed by atoms with Crippen LogP contribution in [-0.4, -0.2) is 72.1 Å². The van der Waals surface area contributed by atoms with Crippen LogP contribution in [0.5, 0.6) is 5.88 Å². The monoisotopic (exact) mass is 410 g/mol. The van der Waals surface area contributed by atoms with Crippen molar-refractivity contribution in [1.29, 1.82) is 0 Å². The molecule has 1 amide bonds. The second-order valence-corrected chi connectivity index (χ2v) is 8.25. The van der Waals surface area contributed by atoms with Crippen molar-refractivity contribution in [3.63, 3.8) is 0 Å². The molecular weight excluding hydrogens is 380 g/mol. The van der Waals surface area contributed by atoms with Crippen molar-refractivity contribution >= 4 is 17.7 Å². The van der Waals surface area contributed by atoms with Crippen molar-refractivity contribution in [2.75, 3.05) is 50.1 Å². The number of anilines is 2. The number of carbonyl (C=O) groups is 1. The molecule has 1 saturated heterocycles. The number of amides is 1. The summed E-state index contributed by atoms with van der Waals surface area (Å²) < 4.78 is 5.89. The van der Waals surface area contributed by atoms with Crippen LogP contribution in [0.2, 0.25) is 0 Å². The average molecular weight is 411 g/mol. The summed E-state index contributed by atoms with van der Waals surface area (Å²) >= 11 is 0. The van der Waals surface area contributed by atoms with Gasteiger partial charge in [-0.15, -0.1) is 0 Å². The maximum Gasteiger partial charge on any atom is 0.255 e. The maximum atomic E-state index is 12.9. The zero-order chi connectivity index (χ0) is 21.1. The van der Waals surface area contributed by atoms with Crippen LogP contribution < -0.4 is 14.5 Å². The van der Waals surface area contributed by atoms with Gasteiger partial charge in [-0.05, 0) is 38.7 Å². The lowest BCUT2D eigenvalue weighted by Gasteiger charge is -2.35. The van der Waals surface area contributed by atoms with Gasteiger partial charge in [0.15, 0.2) is 0 Å². The lowest BCUT2D eigenvalue weighted by atomic mass is 10.2. The van der Waals surface area contributed by atoms with E-state index in [4.69, 9.17) is 4.74 Å². The Balaban J connectivity index is 1.35. The number of hydrogen-bond acceptors (Lipinski definition) is 7. The summed E-state index contributed by atoms with van der Waals surface area (Å²) in [5.74, 6) is 2.23. The normalized spacial score (nSPS) is 17.3. The molecule has 8 heteroatoms. The van der Waals surface area contributed by atoms with Crippen LogP contribution in [0.1, 0.15) is 41.7 Å². The van der Waals surface area contributed by atoms with E-state index < -0.39 is 0 Å². The van der Waals surface area contributed by atoms with E-state index in [0.29, 0.717) is 37.6 Å². The first-order chi connectivity index (χ1) is 14.5. The summed E-state index contributed by atoms with van der Waals surface area (Å²) in [7, 11) is 3.94. The molecule has 8 nitrogen and oxygen atoms in total. The van der Waals surface area contributed by atoms with E-state index in [9.17, 15) is 4.79 Å². The van der Waals surface area contributed by atoms with Gasteiger partial charge in [-0.1, -0.05) is 0 Å². The number of aryl methyl sites for hydroxylation is 1. The quantitative estimate of drug-likeness (QED) is 0.750. The van der Waals surface area contributed by atoms with Gasteiger partial charge in [0.1, 0.15) is 11.9 Å². The first-order valence-corrected chi connectivity index (χ1v) is 10.7. The third kappa shape index (κ3) is 4.63. The van der Waals surface area contributed by atoms with Gasteiger partial charge in [0.05, 0.1) is 5.56 Å². The van der Waals surface area contributed by atoms with Gasteiger partial charge >= 0.3 is 0 Å². The molecule has 0 N–H and O–H groups in total. The number of carbonyl (C=O) groups excluding carboxylic acids is 1. The molecule has 30 heavy (non-hydrogen) atoms. The molecule has 1 aliphatic heterocycles. The highest BCUT2D eigenvalue weighted by Gasteiger charge is 2.24. The number of ether oxygens (including phenoxy) is 1. The molecule has 0 aromatic carbocycles. The smallest absolute Gasteiger partial charge is 0.255 e. The highest BCUT2D eigenvalue weighted by molar-refractivity contribution is 5.94. The minimum absolute atomic E-state index is 0.00806. The van der Waals surface area contributed by atoms with Gasteiger partial charge in [0.2, 0.25) is 11.8 Å². The van der Waals surface area contributed by atoms with Crippen LogP contribution >= 0.6 is 0 Å². The maximum absolute atomic E-state index is 12.9. The van der Waals surface area contributed by atoms with Gasteiger partial charge in [0, 0.05) is 64.3 Å². The number of piperazine rings is 1. The zero-order valence-corrected chi connectivity index (χ0v) is 18.0. The molecule has 0 bridgehead atoms. The van der Waals surface area contributed by atoms with Gasteiger partial charge in [-0.25, -0.2) is 9.97 Å². The van der Waals surface area contributed by atoms with Crippen molar-refractivity contribution in [1.82, 2.24) is 19.9 Å². The Labute approximate surface area is 177 Å². The number of hydrogen-bond donors (Lipinski definition) is 0. The third-order valence-electron chi connectivity index (χ3n) is 5.71. The number of rotatable bonds is 5. The van der Waals surface area contributed by atoms with E-state index in [1.807, 2.05) is 49.0 Å². The average Bonchev–Trinajstić information content (AvgIpc) is 3.26. The first kappa shape index (κ1) is 20.4. The Morgan fingerprint density at radius 2 is 1.83 bits per heavy atom. The van der Waals surface area contributed by atoms with Gasteiger partial charge in [-0.3, -0.25) is 4.79 Å². The van der Waals surface area contributed by atoms with E-state index in [-0.39, 0.29) is 12.0 Å². The van der Waals surface area contributed by atoms with Crippen molar-refractivity contribution < 1.29 is 9.53 Å². The van der Waals surface area contributed by atoms with Crippen molar-refractivity contribution in [3.05, 3.63) is 35.7 Å². The Morgan fingerprint density at radius 3 is 2.47 bits per heavy atom. The molecule has 0 spiro atoms. The molecule has 2 aromatic heterocycles. The van der Waals surface area contributed by atoms with Gasteiger partial charge in [-0.2, -0.15) is 4.98 Å². The Bertz CT molecular complexity index is 872.